The molecule has 1 aliphatic rings. The maximum absolute atomic E-state index is 6.00. The van der Waals surface area contributed by atoms with Gasteiger partial charge < -0.3 is 10.1 Å². The fourth-order valence-corrected chi connectivity index (χ4v) is 3.88. The Morgan fingerprint density at radius 1 is 1.19 bits per heavy atom. The standard InChI is InChI=1S/C18H23NOS/c1-3-19-11-18-10-16(13(2)21-18)12-20-17-8-7-14-5-4-6-15(14)9-17/h7-10,19H,3-6,11-12H2,1-2H3. The van der Waals surface area contributed by atoms with E-state index < -0.39 is 0 Å². The van der Waals surface area contributed by atoms with Crippen LogP contribution in [0.2, 0.25) is 0 Å². The van der Waals surface area contributed by atoms with Crippen molar-refractivity contribution in [3.63, 3.8) is 0 Å². The second-order valence-corrected chi connectivity index (χ2v) is 6.99. The highest BCUT2D eigenvalue weighted by atomic mass is 32.1. The predicted octanol–water partition coefficient (Wildman–Crippen LogP) is 4.23. The minimum atomic E-state index is 0.674. The van der Waals surface area contributed by atoms with Crippen LogP contribution in [0.5, 0.6) is 5.75 Å². The Morgan fingerprint density at radius 3 is 2.90 bits per heavy atom. The number of hydrogen-bond donors (Lipinski definition) is 1. The monoisotopic (exact) mass is 301 g/mol. The van der Waals surface area contributed by atoms with E-state index in [0.717, 1.165) is 18.8 Å². The van der Waals surface area contributed by atoms with Crippen molar-refractivity contribution in [2.45, 2.75) is 46.3 Å². The average molecular weight is 301 g/mol. The lowest BCUT2D eigenvalue weighted by atomic mass is 10.1. The summed E-state index contributed by atoms with van der Waals surface area (Å²) in [5.41, 5.74) is 4.29. The van der Waals surface area contributed by atoms with Crippen molar-refractivity contribution in [2.24, 2.45) is 0 Å². The number of benzene rings is 1. The molecular formula is C18H23NOS. The molecule has 2 nitrogen and oxygen atoms in total. The van der Waals surface area contributed by atoms with Crippen LogP contribution in [-0.2, 0) is 26.0 Å². The molecule has 0 bridgehead atoms. The summed E-state index contributed by atoms with van der Waals surface area (Å²) < 4.78 is 6.00. The van der Waals surface area contributed by atoms with E-state index in [1.54, 1.807) is 0 Å². The van der Waals surface area contributed by atoms with E-state index in [0.29, 0.717) is 6.61 Å². The Hall–Kier alpha value is -1.32. The van der Waals surface area contributed by atoms with Gasteiger partial charge in [0.15, 0.2) is 0 Å². The number of rotatable bonds is 6. The second-order valence-electron chi connectivity index (χ2n) is 5.65. The first kappa shape index (κ1) is 14.6. The van der Waals surface area contributed by atoms with E-state index >= 15 is 0 Å². The first-order valence-electron chi connectivity index (χ1n) is 7.79. The molecule has 1 heterocycles. The quantitative estimate of drug-likeness (QED) is 0.862. The second kappa shape index (κ2) is 6.63. The number of ether oxygens (including phenoxy) is 1. The summed E-state index contributed by atoms with van der Waals surface area (Å²) in [5.74, 6) is 1.01. The van der Waals surface area contributed by atoms with Crippen molar-refractivity contribution < 1.29 is 4.74 Å². The third-order valence-electron chi connectivity index (χ3n) is 4.09. The fraction of sp³-hybridized carbons (Fsp3) is 0.444. The number of thiophene rings is 1. The predicted molar refractivity (Wildman–Crippen MR) is 89.2 cm³/mol. The number of hydrogen-bond acceptors (Lipinski definition) is 3. The van der Waals surface area contributed by atoms with Gasteiger partial charge in [-0.2, -0.15) is 0 Å². The Kier molecular flexibility index (Phi) is 4.61. The summed E-state index contributed by atoms with van der Waals surface area (Å²) >= 11 is 1.87. The Morgan fingerprint density at radius 2 is 2.05 bits per heavy atom. The average Bonchev–Trinajstić information content (AvgIpc) is 3.08. The van der Waals surface area contributed by atoms with Crippen molar-refractivity contribution in [1.29, 1.82) is 0 Å². The zero-order valence-corrected chi connectivity index (χ0v) is 13.7. The molecule has 1 N–H and O–H groups in total. The van der Waals surface area contributed by atoms with Crippen molar-refractivity contribution in [3.8, 4) is 5.75 Å². The van der Waals surface area contributed by atoms with Gasteiger partial charge in [0, 0.05) is 21.9 Å². The molecule has 0 spiro atoms. The largest absolute Gasteiger partial charge is 0.489 e. The molecule has 0 atom stereocenters. The van der Waals surface area contributed by atoms with E-state index in [2.05, 4.69) is 43.4 Å². The zero-order valence-electron chi connectivity index (χ0n) is 12.9. The summed E-state index contributed by atoms with van der Waals surface area (Å²) in [4.78, 5) is 2.76. The number of nitrogens with one attached hydrogen (secondary N) is 1. The van der Waals surface area contributed by atoms with Crippen molar-refractivity contribution in [3.05, 3.63) is 50.7 Å². The molecule has 1 aromatic heterocycles. The summed E-state index contributed by atoms with van der Waals surface area (Å²) in [7, 11) is 0. The third kappa shape index (κ3) is 3.47. The van der Waals surface area contributed by atoms with E-state index in [1.165, 1.54) is 45.7 Å². The van der Waals surface area contributed by atoms with E-state index in [1.807, 2.05) is 11.3 Å². The first-order valence-corrected chi connectivity index (χ1v) is 8.61. The van der Waals surface area contributed by atoms with Crippen LogP contribution >= 0.6 is 11.3 Å². The lowest BCUT2D eigenvalue weighted by Gasteiger charge is -2.08. The molecule has 0 unspecified atom stereocenters. The zero-order chi connectivity index (χ0) is 14.7. The normalized spacial score (nSPS) is 13.4. The minimum Gasteiger partial charge on any atom is -0.489 e. The van der Waals surface area contributed by atoms with E-state index in [4.69, 9.17) is 4.74 Å². The molecule has 112 valence electrons. The number of aryl methyl sites for hydroxylation is 3. The van der Waals surface area contributed by atoms with Crippen LogP contribution in [0.25, 0.3) is 0 Å². The Bertz CT molecular complexity index is 618. The lowest BCUT2D eigenvalue weighted by Crippen LogP contribution is -2.10. The van der Waals surface area contributed by atoms with Crippen LogP contribution in [0.15, 0.2) is 24.3 Å². The van der Waals surface area contributed by atoms with Gasteiger partial charge in [-0.15, -0.1) is 11.3 Å². The van der Waals surface area contributed by atoms with Gasteiger partial charge in [-0.05, 0) is 62.1 Å². The highest BCUT2D eigenvalue weighted by molar-refractivity contribution is 7.12. The molecule has 2 aromatic rings. The summed E-state index contributed by atoms with van der Waals surface area (Å²) in [6, 6.07) is 8.85. The van der Waals surface area contributed by atoms with E-state index in [-0.39, 0.29) is 0 Å². The Labute approximate surface area is 131 Å². The van der Waals surface area contributed by atoms with Gasteiger partial charge in [-0.25, -0.2) is 0 Å². The number of fused-ring (bicyclic) bond motifs is 1. The molecule has 1 aromatic carbocycles. The molecule has 3 rings (SSSR count). The topological polar surface area (TPSA) is 21.3 Å². The van der Waals surface area contributed by atoms with Crippen LogP contribution in [0.3, 0.4) is 0 Å². The molecule has 1 aliphatic carbocycles. The maximum atomic E-state index is 6.00. The summed E-state index contributed by atoms with van der Waals surface area (Å²) in [5, 5.41) is 3.38. The van der Waals surface area contributed by atoms with Gasteiger partial charge in [0.25, 0.3) is 0 Å². The van der Waals surface area contributed by atoms with Gasteiger partial charge >= 0.3 is 0 Å². The molecule has 0 radical (unpaired) electrons. The molecular weight excluding hydrogens is 278 g/mol. The summed E-state index contributed by atoms with van der Waals surface area (Å²) in [6.07, 6.45) is 3.72. The fourth-order valence-electron chi connectivity index (χ4n) is 2.87. The van der Waals surface area contributed by atoms with Gasteiger partial charge in [-0.3, -0.25) is 0 Å². The molecule has 21 heavy (non-hydrogen) atoms. The van der Waals surface area contributed by atoms with E-state index in [9.17, 15) is 0 Å². The molecule has 0 aliphatic heterocycles. The van der Waals surface area contributed by atoms with Gasteiger partial charge in [0.1, 0.15) is 12.4 Å². The van der Waals surface area contributed by atoms with Crippen molar-refractivity contribution in [2.75, 3.05) is 6.54 Å². The summed E-state index contributed by atoms with van der Waals surface area (Å²) in [6.45, 7) is 6.96. The van der Waals surface area contributed by atoms with Crippen LogP contribution in [-0.4, -0.2) is 6.54 Å². The van der Waals surface area contributed by atoms with Crippen LogP contribution in [0.4, 0.5) is 0 Å². The smallest absolute Gasteiger partial charge is 0.120 e. The molecule has 0 saturated carbocycles. The van der Waals surface area contributed by atoms with Crippen LogP contribution in [0.1, 0.15) is 39.8 Å². The van der Waals surface area contributed by atoms with Gasteiger partial charge in [0.2, 0.25) is 0 Å². The van der Waals surface area contributed by atoms with Gasteiger partial charge in [-0.1, -0.05) is 13.0 Å². The highest BCUT2D eigenvalue weighted by Gasteiger charge is 2.12. The van der Waals surface area contributed by atoms with Crippen LogP contribution in [0, 0.1) is 6.92 Å². The van der Waals surface area contributed by atoms with Gasteiger partial charge in [0.05, 0.1) is 0 Å². The van der Waals surface area contributed by atoms with Crippen LogP contribution < -0.4 is 10.1 Å². The highest BCUT2D eigenvalue weighted by Crippen LogP contribution is 2.27. The lowest BCUT2D eigenvalue weighted by molar-refractivity contribution is 0.305. The Balaban J connectivity index is 1.63. The van der Waals surface area contributed by atoms with Crippen molar-refractivity contribution >= 4 is 11.3 Å². The molecule has 0 saturated heterocycles. The molecule has 3 heteroatoms. The van der Waals surface area contributed by atoms with Crippen molar-refractivity contribution in [1.82, 2.24) is 5.32 Å². The first-order chi connectivity index (χ1) is 10.3. The third-order valence-corrected chi connectivity index (χ3v) is 5.18. The molecule has 0 fully saturated rings. The minimum absolute atomic E-state index is 0.674. The molecule has 0 amide bonds. The SMILES string of the molecule is CCNCc1cc(COc2ccc3c(c2)CCC3)c(C)s1. The maximum Gasteiger partial charge on any atom is 0.120 e.